The molecule has 4 fully saturated rings. The van der Waals surface area contributed by atoms with Crippen LogP contribution in [0.2, 0.25) is 0 Å². The monoisotopic (exact) mass is 378 g/mol. The van der Waals surface area contributed by atoms with Crippen LogP contribution in [0.3, 0.4) is 0 Å². The molecule has 0 aromatic carbocycles. The smallest absolute Gasteiger partial charge is 0.321 e. The van der Waals surface area contributed by atoms with E-state index in [0.717, 1.165) is 43.4 Å². The fourth-order valence-electron chi connectivity index (χ4n) is 5.64. The first kappa shape index (κ1) is 20.1. The lowest BCUT2D eigenvalue weighted by Gasteiger charge is -2.56. The molecule has 27 heavy (non-hydrogen) atoms. The second kappa shape index (κ2) is 8.17. The van der Waals surface area contributed by atoms with E-state index in [1.165, 1.54) is 19.3 Å². The van der Waals surface area contributed by atoms with Crippen molar-refractivity contribution in [3.63, 3.8) is 0 Å². The zero-order chi connectivity index (χ0) is 19.6. The third kappa shape index (κ3) is 4.81. The standard InChI is InChI=1S/C20H34N4O3/c1-4-5-21-17(25)12-24(3)13(2)18(26)22-19(27)23-20-9-14-6-15(10-20)8-16(7-14)11-20/h13-16H,4-12H2,1-3H3,(H,21,25)(H2,22,23,26,27)/t13-,14?,15?,16?,20?/m0/s1. The largest absolute Gasteiger partial charge is 0.355 e. The molecular weight excluding hydrogens is 344 g/mol. The second-order valence-electron chi connectivity index (χ2n) is 9.08. The summed E-state index contributed by atoms with van der Waals surface area (Å²) in [5, 5.41) is 8.43. The maximum Gasteiger partial charge on any atom is 0.321 e. The Bertz CT molecular complexity index is 556. The molecule has 4 rings (SSSR count). The molecule has 4 bridgehead atoms. The van der Waals surface area contributed by atoms with Crippen LogP contribution in [-0.2, 0) is 9.59 Å². The Morgan fingerprint density at radius 3 is 2.15 bits per heavy atom. The maximum absolute atomic E-state index is 12.5. The lowest BCUT2D eigenvalue weighted by atomic mass is 9.53. The average molecular weight is 379 g/mol. The van der Waals surface area contributed by atoms with Gasteiger partial charge in [-0.05, 0) is 76.7 Å². The van der Waals surface area contributed by atoms with Crippen molar-refractivity contribution in [2.24, 2.45) is 17.8 Å². The summed E-state index contributed by atoms with van der Waals surface area (Å²) in [5.74, 6) is 1.72. The van der Waals surface area contributed by atoms with Gasteiger partial charge in [-0.15, -0.1) is 0 Å². The third-order valence-corrected chi connectivity index (χ3v) is 6.66. The van der Waals surface area contributed by atoms with E-state index < -0.39 is 12.1 Å². The zero-order valence-electron chi connectivity index (χ0n) is 16.8. The highest BCUT2D eigenvalue weighted by Crippen LogP contribution is 2.55. The number of imide groups is 1. The van der Waals surface area contributed by atoms with Gasteiger partial charge in [0.05, 0.1) is 12.6 Å². The molecule has 4 aliphatic rings. The fourth-order valence-corrected chi connectivity index (χ4v) is 5.64. The van der Waals surface area contributed by atoms with Crippen LogP contribution in [-0.4, -0.2) is 54.5 Å². The minimum atomic E-state index is -0.556. The molecule has 7 nitrogen and oxygen atoms in total. The van der Waals surface area contributed by atoms with Crippen LogP contribution >= 0.6 is 0 Å². The normalized spacial score (nSPS) is 32.2. The molecule has 4 amide bonds. The highest BCUT2D eigenvalue weighted by atomic mass is 16.2. The zero-order valence-corrected chi connectivity index (χ0v) is 16.8. The number of amides is 4. The van der Waals surface area contributed by atoms with Crippen LogP contribution in [0, 0.1) is 17.8 Å². The lowest BCUT2D eigenvalue weighted by Crippen LogP contribution is -2.62. The van der Waals surface area contributed by atoms with Gasteiger partial charge in [0.2, 0.25) is 11.8 Å². The van der Waals surface area contributed by atoms with Crippen molar-refractivity contribution in [3.8, 4) is 0 Å². The van der Waals surface area contributed by atoms with Crippen molar-refractivity contribution >= 4 is 17.8 Å². The van der Waals surface area contributed by atoms with Gasteiger partial charge in [0.1, 0.15) is 0 Å². The Morgan fingerprint density at radius 2 is 1.63 bits per heavy atom. The van der Waals surface area contributed by atoms with E-state index in [1.807, 2.05) is 6.92 Å². The number of rotatable bonds is 7. The predicted molar refractivity (Wildman–Crippen MR) is 103 cm³/mol. The van der Waals surface area contributed by atoms with Crippen molar-refractivity contribution in [2.75, 3.05) is 20.1 Å². The highest BCUT2D eigenvalue weighted by Gasteiger charge is 2.51. The van der Waals surface area contributed by atoms with Crippen LogP contribution in [0.1, 0.15) is 58.8 Å². The average Bonchev–Trinajstić information content (AvgIpc) is 2.57. The second-order valence-corrected chi connectivity index (χ2v) is 9.08. The topological polar surface area (TPSA) is 90.5 Å². The van der Waals surface area contributed by atoms with Gasteiger partial charge in [-0.2, -0.15) is 0 Å². The van der Waals surface area contributed by atoms with Crippen LogP contribution in [0.25, 0.3) is 0 Å². The Balaban J connectivity index is 1.47. The van der Waals surface area contributed by atoms with Crippen LogP contribution < -0.4 is 16.0 Å². The van der Waals surface area contributed by atoms with Crippen molar-refractivity contribution in [2.45, 2.75) is 70.4 Å². The number of hydrogen-bond acceptors (Lipinski definition) is 4. The molecule has 0 aromatic rings. The maximum atomic E-state index is 12.5. The molecule has 152 valence electrons. The molecule has 0 aromatic heterocycles. The minimum absolute atomic E-state index is 0.114. The number of nitrogens with zero attached hydrogens (tertiary/aromatic N) is 1. The summed E-state index contributed by atoms with van der Waals surface area (Å²) in [6.45, 7) is 4.45. The van der Waals surface area contributed by atoms with Crippen molar-refractivity contribution in [1.29, 1.82) is 0 Å². The fraction of sp³-hybridized carbons (Fsp3) is 0.850. The minimum Gasteiger partial charge on any atom is -0.355 e. The number of nitrogens with one attached hydrogen (secondary N) is 3. The van der Waals surface area contributed by atoms with E-state index in [4.69, 9.17) is 0 Å². The van der Waals surface area contributed by atoms with Gasteiger partial charge >= 0.3 is 6.03 Å². The highest BCUT2D eigenvalue weighted by molar-refractivity contribution is 5.97. The molecule has 0 aliphatic heterocycles. The molecule has 0 heterocycles. The first-order valence-electron chi connectivity index (χ1n) is 10.4. The van der Waals surface area contributed by atoms with Crippen molar-refractivity contribution < 1.29 is 14.4 Å². The molecule has 3 N–H and O–H groups in total. The third-order valence-electron chi connectivity index (χ3n) is 6.66. The van der Waals surface area contributed by atoms with Gasteiger partial charge in [0.25, 0.3) is 0 Å². The van der Waals surface area contributed by atoms with E-state index in [0.29, 0.717) is 6.54 Å². The molecule has 0 unspecified atom stereocenters. The molecule has 1 atom stereocenters. The number of hydrogen-bond donors (Lipinski definition) is 3. The summed E-state index contributed by atoms with van der Waals surface area (Å²) in [5.41, 5.74) is -0.117. The summed E-state index contributed by atoms with van der Waals surface area (Å²) >= 11 is 0. The lowest BCUT2D eigenvalue weighted by molar-refractivity contribution is -0.126. The van der Waals surface area contributed by atoms with E-state index in [9.17, 15) is 14.4 Å². The molecular formula is C20H34N4O3. The summed E-state index contributed by atoms with van der Waals surface area (Å²) in [6.07, 6.45) is 7.95. The van der Waals surface area contributed by atoms with E-state index in [1.54, 1.807) is 18.9 Å². The van der Waals surface area contributed by atoms with Gasteiger partial charge < -0.3 is 10.6 Å². The molecule has 0 radical (unpaired) electrons. The van der Waals surface area contributed by atoms with Crippen molar-refractivity contribution in [3.05, 3.63) is 0 Å². The Labute approximate surface area is 162 Å². The SMILES string of the molecule is CCCNC(=O)CN(C)[C@@H](C)C(=O)NC(=O)NC12CC3CC(CC(C3)C1)C2. The Hall–Kier alpha value is -1.63. The molecule has 0 spiro atoms. The van der Waals surface area contributed by atoms with Gasteiger partial charge in [-0.3, -0.25) is 19.8 Å². The van der Waals surface area contributed by atoms with Crippen molar-refractivity contribution in [1.82, 2.24) is 20.9 Å². The Kier molecular flexibility index (Phi) is 6.08. The summed E-state index contributed by atoms with van der Waals surface area (Å²) in [7, 11) is 1.72. The number of urea groups is 1. The van der Waals surface area contributed by atoms with Gasteiger partial charge in [0, 0.05) is 12.1 Å². The van der Waals surface area contributed by atoms with Crippen LogP contribution in [0.4, 0.5) is 4.79 Å². The van der Waals surface area contributed by atoms with Crippen LogP contribution in [0.5, 0.6) is 0 Å². The van der Waals surface area contributed by atoms with Gasteiger partial charge in [0.15, 0.2) is 0 Å². The molecule has 4 aliphatic carbocycles. The molecule has 7 heteroatoms. The first-order chi connectivity index (χ1) is 12.8. The quantitative estimate of drug-likeness (QED) is 0.628. The van der Waals surface area contributed by atoms with Crippen LogP contribution in [0.15, 0.2) is 0 Å². The van der Waals surface area contributed by atoms with E-state index in [2.05, 4.69) is 16.0 Å². The summed E-state index contributed by atoms with van der Waals surface area (Å²) in [6, 6.07) is -0.947. The van der Waals surface area contributed by atoms with E-state index >= 15 is 0 Å². The number of carbonyl (C=O) groups excluding carboxylic acids is 3. The summed E-state index contributed by atoms with van der Waals surface area (Å²) in [4.78, 5) is 38.4. The molecule has 4 saturated carbocycles. The van der Waals surface area contributed by atoms with Gasteiger partial charge in [-0.25, -0.2) is 4.79 Å². The first-order valence-corrected chi connectivity index (χ1v) is 10.4. The van der Waals surface area contributed by atoms with E-state index in [-0.39, 0.29) is 23.9 Å². The molecule has 0 saturated heterocycles. The number of likely N-dealkylation sites (N-methyl/N-ethyl adjacent to an activating group) is 1. The summed E-state index contributed by atoms with van der Waals surface area (Å²) < 4.78 is 0. The number of carbonyl (C=O) groups is 3. The van der Waals surface area contributed by atoms with Gasteiger partial charge in [-0.1, -0.05) is 6.92 Å². The Morgan fingerprint density at radius 1 is 1.07 bits per heavy atom. The predicted octanol–water partition coefficient (Wildman–Crippen LogP) is 1.63.